The van der Waals surface area contributed by atoms with Crippen LogP contribution in [-0.4, -0.2) is 25.2 Å². The average molecular weight is 398 g/mol. The minimum Gasteiger partial charge on any atom is -0.497 e. The lowest BCUT2D eigenvalue weighted by Gasteiger charge is -2.38. The highest BCUT2D eigenvalue weighted by Gasteiger charge is 2.35. The molecule has 0 saturated heterocycles. The first-order valence-corrected chi connectivity index (χ1v) is 9.98. The maximum atomic E-state index is 12.7. The van der Waals surface area contributed by atoms with E-state index in [0.29, 0.717) is 6.42 Å². The number of ether oxygens (including phenoxy) is 3. The molecule has 3 rings (SSSR count). The van der Waals surface area contributed by atoms with Crippen molar-refractivity contribution in [1.29, 1.82) is 0 Å². The Kier molecular flexibility index (Phi) is 5.78. The number of carbonyl (C=O) groups is 1. The number of benzene rings is 2. The van der Waals surface area contributed by atoms with E-state index in [2.05, 4.69) is 26.1 Å². The van der Waals surface area contributed by atoms with Gasteiger partial charge in [0.1, 0.15) is 22.8 Å². The SMILES string of the molecule is COc1ccc2c(c1)OC(C)(C)C[C@H]2NC(=O)COc1ccccc1C(C)(C)C. The van der Waals surface area contributed by atoms with E-state index in [4.69, 9.17) is 14.2 Å². The van der Waals surface area contributed by atoms with E-state index in [-0.39, 0.29) is 24.0 Å². The Bertz CT molecular complexity index is 883. The molecule has 0 fully saturated rings. The number of methoxy groups -OCH3 is 1. The lowest BCUT2D eigenvalue weighted by molar-refractivity contribution is -0.124. The second kappa shape index (κ2) is 7.97. The summed E-state index contributed by atoms with van der Waals surface area (Å²) in [5, 5.41) is 3.11. The lowest BCUT2D eigenvalue weighted by atomic mass is 9.86. The van der Waals surface area contributed by atoms with Gasteiger partial charge in [-0.2, -0.15) is 0 Å². The van der Waals surface area contributed by atoms with Crippen molar-refractivity contribution in [1.82, 2.24) is 5.32 Å². The molecule has 1 heterocycles. The van der Waals surface area contributed by atoms with Crippen molar-refractivity contribution in [2.24, 2.45) is 0 Å². The highest BCUT2D eigenvalue weighted by molar-refractivity contribution is 5.78. The third-order valence-electron chi connectivity index (χ3n) is 5.07. The first-order valence-electron chi connectivity index (χ1n) is 9.98. The normalized spacial score (nSPS) is 17.7. The van der Waals surface area contributed by atoms with Crippen LogP contribution >= 0.6 is 0 Å². The molecule has 0 aliphatic carbocycles. The fourth-order valence-corrected chi connectivity index (χ4v) is 3.68. The van der Waals surface area contributed by atoms with Gasteiger partial charge in [-0.25, -0.2) is 0 Å². The molecule has 5 nitrogen and oxygen atoms in total. The van der Waals surface area contributed by atoms with Gasteiger partial charge in [0, 0.05) is 18.1 Å². The van der Waals surface area contributed by atoms with Crippen LogP contribution in [0.5, 0.6) is 17.2 Å². The Hall–Kier alpha value is -2.69. The van der Waals surface area contributed by atoms with Crippen LogP contribution in [0.4, 0.5) is 0 Å². The van der Waals surface area contributed by atoms with Gasteiger partial charge in [-0.1, -0.05) is 39.0 Å². The van der Waals surface area contributed by atoms with E-state index in [1.807, 2.05) is 56.3 Å². The Balaban J connectivity index is 1.72. The number of nitrogens with one attached hydrogen (secondary N) is 1. The summed E-state index contributed by atoms with van der Waals surface area (Å²) in [4.78, 5) is 12.7. The van der Waals surface area contributed by atoms with Crippen molar-refractivity contribution in [2.45, 2.75) is 58.1 Å². The molecule has 0 saturated carbocycles. The van der Waals surface area contributed by atoms with Crippen molar-refractivity contribution in [3.8, 4) is 17.2 Å². The van der Waals surface area contributed by atoms with Crippen LogP contribution < -0.4 is 19.5 Å². The summed E-state index contributed by atoms with van der Waals surface area (Å²) < 4.78 is 17.3. The van der Waals surface area contributed by atoms with E-state index in [1.165, 1.54) is 0 Å². The van der Waals surface area contributed by atoms with Crippen molar-refractivity contribution < 1.29 is 19.0 Å². The molecule has 1 aliphatic heterocycles. The number of amides is 1. The van der Waals surface area contributed by atoms with Gasteiger partial charge < -0.3 is 19.5 Å². The average Bonchev–Trinajstić information content (AvgIpc) is 2.64. The van der Waals surface area contributed by atoms with Gasteiger partial charge in [0.05, 0.1) is 13.2 Å². The minimum absolute atomic E-state index is 0.0314. The Morgan fingerprint density at radius 1 is 1.21 bits per heavy atom. The summed E-state index contributed by atoms with van der Waals surface area (Å²) in [6.07, 6.45) is 0.677. The highest BCUT2D eigenvalue weighted by atomic mass is 16.5. The van der Waals surface area contributed by atoms with Crippen LogP contribution in [0.2, 0.25) is 0 Å². The minimum atomic E-state index is -0.392. The third-order valence-corrected chi connectivity index (χ3v) is 5.07. The number of carbonyl (C=O) groups excluding carboxylic acids is 1. The third kappa shape index (κ3) is 5.03. The molecule has 156 valence electrons. The summed E-state index contributed by atoms with van der Waals surface area (Å²) in [6.45, 7) is 10.4. The van der Waals surface area contributed by atoms with Gasteiger partial charge in [-0.3, -0.25) is 4.79 Å². The maximum Gasteiger partial charge on any atom is 0.258 e. The first-order chi connectivity index (χ1) is 13.6. The number of hydrogen-bond donors (Lipinski definition) is 1. The molecular formula is C24H31NO4. The topological polar surface area (TPSA) is 56.8 Å². The van der Waals surface area contributed by atoms with Gasteiger partial charge in [-0.15, -0.1) is 0 Å². The maximum absolute atomic E-state index is 12.7. The number of hydrogen-bond acceptors (Lipinski definition) is 4. The largest absolute Gasteiger partial charge is 0.497 e. The Labute approximate surface area is 173 Å². The Morgan fingerprint density at radius 2 is 1.93 bits per heavy atom. The van der Waals surface area contributed by atoms with Crippen molar-refractivity contribution >= 4 is 5.91 Å². The van der Waals surface area contributed by atoms with Crippen LogP contribution in [0.15, 0.2) is 42.5 Å². The van der Waals surface area contributed by atoms with Gasteiger partial charge in [0.25, 0.3) is 5.91 Å². The van der Waals surface area contributed by atoms with Gasteiger partial charge in [-0.05, 0) is 43.0 Å². The second-order valence-electron chi connectivity index (χ2n) is 9.12. The smallest absolute Gasteiger partial charge is 0.258 e. The van der Waals surface area contributed by atoms with Gasteiger partial charge in [0.2, 0.25) is 0 Å². The fraction of sp³-hybridized carbons (Fsp3) is 0.458. The molecule has 2 aromatic rings. The van der Waals surface area contributed by atoms with E-state index in [0.717, 1.165) is 28.4 Å². The van der Waals surface area contributed by atoms with Crippen molar-refractivity contribution in [2.75, 3.05) is 13.7 Å². The summed E-state index contributed by atoms with van der Waals surface area (Å²) in [5.74, 6) is 2.06. The quantitative estimate of drug-likeness (QED) is 0.788. The molecule has 1 N–H and O–H groups in total. The molecule has 2 aromatic carbocycles. The summed E-state index contributed by atoms with van der Waals surface area (Å²) >= 11 is 0. The molecule has 0 aromatic heterocycles. The molecule has 1 amide bonds. The zero-order valence-electron chi connectivity index (χ0n) is 18.2. The highest BCUT2D eigenvalue weighted by Crippen LogP contribution is 2.41. The van der Waals surface area contributed by atoms with Crippen LogP contribution in [0, 0.1) is 0 Å². The molecule has 29 heavy (non-hydrogen) atoms. The van der Waals surface area contributed by atoms with Crippen LogP contribution in [-0.2, 0) is 10.2 Å². The molecule has 0 radical (unpaired) electrons. The van der Waals surface area contributed by atoms with E-state index in [9.17, 15) is 4.79 Å². The van der Waals surface area contributed by atoms with Crippen molar-refractivity contribution in [3.63, 3.8) is 0 Å². The Morgan fingerprint density at radius 3 is 2.62 bits per heavy atom. The van der Waals surface area contributed by atoms with Crippen molar-refractivity contribution in [3.05, 3.63) is 53.6 Å². The number of rotatable bonds is 5. The summed E-state index contributed by atoms with van der Waals surface area (Å²) in [7, 11) is 1.63. The fourth-order valence-electron chi connectivity index (χ4n) is 3.68. The van der Waals surface area contributed by atoms with Gasteiger partial charge >= 0.3 is 0 Å². The van der Waals surface area contributed by atoms with E-state index in [1.54, 1.807) is 7.11 Å². The molecule has 1 aliphatic rings. The predicted molar refractivity (Wildman–Crippen MR) is 114 cm³/mol. The zero-order valence-corrected chi connectivity index (χ0v) is 18.2. The standard InChI is InChI=1S/C24H31NO4/c1-23(2,3)18-9-7-8-10-20(18)28-15-22(26)25-19-14-24(4,5)29-21-13-16(27-6)11-12-17(19)21/h7-13,19H,14-15H2,1-6H3,(H,25,26)/t19-/m1/s1. The van der Waals surface area contributed by atoms with Crippen LogP contribution in [0.25, 0.3) is 0 Å². The summed E-state index contributed by atoms with van der Waals surface area (Å²) in [5.41, 5.74) is 1.58. The number of fused-ring (bicyclic) bond motifs is 1. The number of para-hydroxylation sites is 1. The van der Waals surface area contributed by atoms with E-state index < -0.39 is 5.60 Å². The molecule has 0 bridgehead atoms. The van der Waals surface area contributed by atoms with Gasteiger partial charge in [0.15, 0.2) is 6.61 Å². The zero-order chi connectivity index (χ0) is 21.2. The summed E-state index contributed by atoms with van der Waals surface area (Å²) in [6, 6.07) is 13.4. The monoisotopic (exact) mass is 397 g/mol. The van der Waals surface area contributed by atoms with Crippen LogP contribution in [0.3, 0.4) is 0 Å². The molecule has 1 atom stereocenters. The second-order valence-corrected chi connectivity index (χ2v) is 9.12. The lowest BCUT2D eigenvalue weighted by Crippen LogP contribution is -2.42. The molecular weight excluding hydrogens is 366 g/mol. The van der Waals surface area contributed by atoms with E-state index >= 15 is 0 Å². The predicted octanol–water partition coefficient (Wildman–Crippen LogP) is 4.79. The molecule has 0 unspecified atom stereocenters. The first kappa shape index (κ1) is 21.0. The van der Waals surface area contributed by atoms with Crippen LogP contribution in [0.1, 0.15) is 58.2 Å². The molecule has 0 spiro atoms. The molecule has 5 heteroatoms.